The Balaban J connectivity index is 1.28. The zero-order chi connectivity index (χ0) is 20.4. The van der Waals surface area contributed by atoms with E-state index >= 15 is 0 Å². The van der Waals surface area contributed by atoms with Gasteiger partial charge in [-0.3, -0.25) is 4.90 Å². The first-order chi connectivity index (χ1) is 14.9. The van der Waals surface area contributed by atoms with Gasteiger partial charge in [-0.2, -0.15) is 0 Å². The van der Waals surface area contributed by atoms with Gasteiger partial charge >= 0.3 is 0 Å². The van der Waals surface area contributed by atoms with Gasteiger partial charge in [0.25, 0.3) is 0 Å². The van der Waals surface area contributed by atoms with Crippen LogP contribution in [0.15, 0.2) is 46.0 Å². The zero-order valence-electron chi connectivity index (χ0n) is 17.3. The molecule has 1 aromatic heterocycles. The number of furan rings is 1. The highest BCUT2D eigenvalue weighted by Gasteiger charge is 2.13. The molecule has 1 fully saturated rings. The van der Waals surface area contributed by atoms with Gasteiger partial charge in [0.2, 0.25) is 6.79 Å². The van der Waals surface area contributed by atoms with Crippen molar-refractivity contribution in [3.8, 4) is 11.5 Å². The summed E-state index contributed by atoms with van der Waals surface area (Å²) in [5.74, 6) is 3.35. The number of fused-ring (bicyclic) bond motifs is 1. The normalized spacial score (nSPS) is 16.6. The van der Waals surface area contributed by atoms with E-state index in [2.05, 4.69) is 15.5 Å². The Kier molecular flexibility index (Phi) is 7.46. The van der Waals surface area contributed by atoms with Crippen molar-refractivity contribution in [2.24, 2.45) is 4.99 Å². The second kappa shape index (κ2) is 10.9. The van der Waals surface area contributed by atoms with E-state index in [0.29, 0.717) is 6.54 Å². The van der Waals surface area contributed by atoms with Gasteiger partial charge < -0.3 is 29.3 Å². The van der Waals surface area contributed by atoms with Crippen molar-refractivity contribution in [3.05, 3.63) is 47.9 Å². The number of nitrogens with one attached hydrogen (secondary N) is 2. The van der Waals surface area contributed by atoms with Gasteiger partial charge in [0.05, 0.1) is 26.0 Å². The van der Waals surface area contributed by atoms with Crippen molar-refractivity contribution in [1.82, 2.24) is 15.5 Å². The topological polar surface area (TPSA) is 80.5 Å². The molecule has 0 saturated carbocycles. The van der Waals surface area contributed by atoms with Gasteiger partial charge in [-0.05, 0) is 42.8 Å². The molecule has 2 aliphatic rings. The fourth-order valence-corrected chi connectivity index (χ4v) is 3.48. The monoisotopic (exact) mass is 414 g/mol. The summed E-state index contributed by atoms with van der Waals surface area (Å²) in [5.41, 5.74) is 1.08. The summed E-state index contributed by atoms with van der Waals surface area (Å²) in [7, 11) is 0. The number of hydrogen-bond donors (Lipinski definition) is 2. The van der Waals surface area contributed by atoms with Crippen LogP contribution in [0, 0.1) is 0 Å². The minimum atomic E-state index is 0.284. The maximum Gasteiger partial charge on any atom is 0.231 e. The Morgan fingerprint density at radius 2 is 1.90 bits per heavy atom. The van der Waals surface area contributed by atoms with Gasteiger partial charge in [0.1, 0.15) is 5.76 Å². The molecule has 162 valence electrons. The fraction of sp³-hybridized carbons (Fsp3) is 0.500. The number of nitrogens with zero attached hydrogens (tertiary/aromatic N) is 2. The summed E-state index contributed by atoms with van der Waals surface area (Å²) >= 11 is 0. The Morgan fingerprint density at radius 3 is 2.77 bits per heavy atom. The van der Waals surface area contributed by atoms with Crippen molar-refractivity contribution in [3.63, 3.8) is 0 Å². The van der Waals surface area contributed by atoms with Crippen LogP contribution in [0.4, 0.5) is 0 Å². The molecule has 0 spiro atoms. The van der Waals surface area contributed by atoms with Gasteiger partial charge in [-0.1, -0.05) is 6.07 Å². The molecular formula is C22H30N4O4. The van der Waals surface area contributed by atoms with E-state index in [1.54, 1.807) is 6.26 Å². The van der Waals surface area contributed by atoms with Crippen LogP contribution in [0.2, 0.25) is 0 Å². The first-order valence-corrected chi connectivity index (χ1v) is 10.6. The predicted octanol–water partition coefficient (Wildman–Crippen LogP) is 2.01. The van der Waals surface area contributed by atoms with Crippen LogP contribution in [-0.4, -0.2) is 63.6 Å². The second-order valence-electron chi connectivity index (χ2n) is 7.34. The summed E-state index contributed by atoms with van der Waals surface area (Å²) in [6.07, 6.45) is 3.57. The number of benzene rings is 1. The van der Waals surface area contributed by atoms with Crippen LogP contribution in [0.25, 0.3) is 0 Å². The average Bonchev–Trinajstić information content (AvgIpc) is 3.46. The predicted molar refractivity (Wildman–Crippen MR) is 114 cm³/mol. The van der Waals surface area contributed by atoms with Gasteiger partial charge in [-0.15, -0.1) is 0 Å². The number of guanidine groups is 1. The fourth-order valence-electron chi connectivity index (χ4n) is 3.48. The van der Waals surface area contributed by atoms with E-state index in [-0.39, 0.29) is 6.79 Å². The molecule has 0 aliphatic carbocycles. The van der Waals surface area contributed by atoms with Crippen LogP contribution < -0.4 is 20.1 Å². The molecule has 0 bridgehead atoms. The molecule has 0 unspecified atom stereocenters. The number of aliphatic imine (C=N–C) groups is 1. The molecule has 8 heteroatoms. The van der Waals surface area contributed by atoms with Crippen LogP contribution in [0.3, 0.4) is 0 Å². The van der Waals surface area contributed by atoms with Crippen LogP contribution in [-0.2, 0) is 17.7 Å². The average molecular weight is 415 g/mol. The maximum absolute atomic E-state index is 5.46. The molecule has 2 aromatic rings. The molecular weight excluding hydrogens is 384 g/mol. The first kappa shape index (κ1) is 20.6. The third-order valence-corrected chi connectivity index (χ3v) is 5.15. The number of morpholine rings is 1. The van der Waals surface area contributed by atoms with Gasteiger partial charge in [-0.25, -0.2) is 4.99 Å². The third-order valence-electron chi connectivity index (χ3n) is 5.15. The van der Waals surface area contributed by atoms with Crippen molar-refractivity contribution < 1.29 is 18.6 Å². The maximum atomic E-state index is 5.46. The molecule has 8 nitrogen and oxygen atoms in total. The molecule has 3 heterocycles. The smallest absolute Gasteiger partial charge is 0.231 e. The second-order valence-corrected chi connectivity index (χ2v) is 7.34. The van der Waals surface area contributed by atoms with Crippen molar-refractivity contribution in [2.75, 3.05) is 52.7 Å². The minimum Gasteiger partial charge on any atom is -0.469 e. The Labute approximate surface area is 177 Å². The molecule has 0 atom stereocenters. The van der Waals surface area contributed by atoms with E-state index in [1.165, 1.54) is 0 Å². The Hall–Kier alpha value is -2.71. The van der Waals surface area contributed by atoms with E-state index in [4.69, 9.17) is 23.6 Å². The van der Waals surface area contributed by atoms with Crippen molar-refractivity contribution in [2.45, 2.75) is 19.4 Å². The summed E-state index contributed by atoms with van der Waals surface area (Å²) in [6.45, 7) is 7.25. The standard InChI is InChI=1S/C22H30N4O4/c1-3-19(28-12-1)6-8-24-22(23-7-2-9-26-10-13-27-14-11-26)25-16-18-4-5-20-21(15-18)30-17-29-20/h1,3-5,12,15H,2,6-11,13-14,16-17H2,(H2,23,24,25). The van der Waals surface area contributed by atoms with E-state index in [9.17, 15) is 0 Å². The van der Waals surface area contributed by atoms with Crippen LogP contribution in [0.5, 0.6) is 11.5 Å². The summed E-state index contributed by atoms with van der Waals surface area (Å²) in [4.78, 5) is 7.20. The largest absolute Gasteiger partial charge is 0.469 e. The lowest BCUT2D eigenvalue weighted by Crippen LogP contribution is -2.41. The van der Waals surface area contributed by atoms with Crippen LogP contribution in [0.1, 0.15) is 17.7 Å². The minimum absolute atomic E-state index is 0.284. The quantitative estimate of drug-likeness (QED) is 0.369. The number of ether oxygens (including phenoxy) is 3. The highest BCUT2D eigenvalue weighted by atomic mass is 16.7. The molecule has 0 amide bonds. The Morgan fingerprint density at radius 1 is 1.03 bits per heavy atom. The Bertz CT molecular complexity index is 803. The molecule has 1 saturated heterocycles. The highest BCUT2D eigenvalue weighted by molar-refractivity contribution is 5.79. The lowest BCUT2D eigenvalue weighted by molar-refractivity contribution is 0.0376. The summed E-state index contributed by atoms with van der Waals surface area (Å²) < 4.78 is 21.7. The van der Waals surface area contributed by atoms with Gasteiger partial charge in [0, 0.05) is 32.6 Å². The molecule has 4 rings (SSSR count). The van der Waals surface area contributed by atoms with Crippen molar-refractivity contribution in [1.29, 1.82) is 0 Å². The van der Waals surface area contributed by atoms with Crippen molar-refractivity contribution >= 4 is 5.96 Å². The number of hydrogen-bond acceptors (Lipinski definition) is 6. The summed E-state index contributed by atoms with van der Waals surface area (Å²) in [6, 6.07) is 9.85. The first-order valence-electron chi connectivity index (χ1n) is 10.6. The lowest BCUT2D eigenvalue weighted by Gasteiger charge is -2.26. The van der Waals surface area contributed by atoms with Crippen LogP contribution >= 0.6 is 0 Å². The third kappa shape index (κ3) is 6.14. The van der Waals surface area contributed by atoms with Gasteiger partial charge in [0.15, 0.2) is 17.5 Å². The summed E-state index contributed by atoms with van der Waals surface area (Å²) in [5, 5.41) is 6.86. The number of rotatable bonds is 9. The molecule has 0 radical (unpaired) electrons. The lowest BCUT2D eigenvalue weighted by atomic mass is 10.2. The van der Waals surface area contributed by atoms with E-state index in [1.807, 2.05) is 30.3 Å². The highest BCUT2D eigenvalue weighted by Crippen LogP contribution is 2.32. The molecule has 2 N–H and O–H groups in total. The SMILES string of the molecule is c1coc(CCNC(=NCc2ccc3c(c2)OCO3)NCCCN2CCOCC2)c1. The molecule has 30 heavy (non-hydrogen) atoms. The van der Waals surface area contributed by atoms with E-state index in [0.717, 1.165) is 87.6 Å². The molecule has 2 aliphatic heterocycles. The van der Waals surface area contributed by atoms with E-state index < -0.39 is 0 Å². The zero-order valence-corrected chi connectivity index (χ0v) is 17.3. The molecule has 1 aromatic carbocycles.